The molecule has 0 fully saturated rings. The first kappa shape index (κ1) is 24.4. The number of anilines is 2. The number of rotatable bonds is 8. The lowest BCUT2D eigenvalue weighted by molar-refractivity contribution is 0.402. The maximum atomic E-state index is 13.1. The summed E-state index contributed by atoms with van der Waals surface area (Å²) in [5, 5.41) is 0. The number of halogens is 2. The highest BCUT2D eigenvalue weighted by Crippen LogP contribution is 2.37. The van der Waals surface area contributed by atoms with E-state index in [1.54, 1.807) is 24.3 Å². The third-order valence-corrected chi connectivity index (χ3v) is 8.92. The zero-order chi connectivity index (χ0) is 23.5. The minimum Gasteiger partial charge on any atom is -0.495 e. The molecule has 0 aliphatic carbocycles. The van der Waals surface area contributed by atoms with Crippen LogP contribution in [0.5, 0.6) is 11.5 Å². The van der Waals surface area contributed by atoms with E-state index in [2.05, 4.69) is 41.3 Å². The van der Waals surface area contributed by atoms with Gasteiger partial charge < -0.3 is 9.47 Å². The van der Waals surface area contributed by atoms with Crippen molar-refractivity contribution < 1.29 is 26.3 Å². The number of hydrogen-bond acceptors (Lipinski definition) is 6. The number of para-hydroxylation sites is 2. The standard InChI is InChI=1S/C20H18Br2N2O6S2/c1-29-17-7-3-5-9-19(17)31(25,26)23-15-11-13(21)14(22)12-16(15)24-32(27,28)20-10-6-4-8-18(20)30-2/h3-12,23-24H,1-2H3. The van der Waals surface area contributed by atoms with Crippen LogP contribution in [0.25, 0.3) is 0 Å². The lowest BCUT2D eigenvalue weighted by Crippen LogP contribution is -2.18. The van der Waals surface area contributed by atoms with Crippen LogP contribution in [-0.2, 0) is 20.0 Å². The topological polar surface area (TPSA) is 111 Å². The van der Waals surface area contributed by atoms with E-state index in [1.807, 2.05) is 0 Å². The number of sulfonamides is 2. The van der Waals surface area contributed by atoms with E-state index in [1.165, 1.54) is 50.6 Å². The molecule has 2 N–H and O–H groups in total. The third-order valence-electron chi connectivity index (χ3n) is 4.27. The summed E-state index contributed by atoms with van der Waals surface area (Å²) in [7, 11) is -5.51. The monoisotopic (exact) mass is 604 g/mol. The molecule has 32 heavy (non-hydrogen) atoms. The van der Waals surface area contributed by atoms with Gasteiger partial charge in [0.2, 0.25) is 0 Å². The van der Waals surface area contributed by atoms with Crippen molar-refractivity contribution in [3.63, 3.8) is 0 Å². The summed E-state index contributed by atoms with van der Waals surface area (Å²) < 4.78 is 68.4. The Hall–Kier alpha value is -2.28. The molecule has 12 heteroatoms. The van der Waals surface area contributed by atoms with Gasteiger partial charge in [0, 0.05) is 8.95 Å². The Balaban J connectivity index is 2.07. The minimum atomic E-state index is -4.11. The Morgan fingerprint density at radius 2 is 1.00 bits per heavy atom. The van der Waals surface area contributed by atoms with Crippen molar-refractivity contribution in [2.75, 3.05) is 23.7 Å². The van der Waals surface area contributed by atoms with E-state index in [0.29, 0.717) is 8.95 Å². The summed E-state index contributed by atoms with van der Waals surface area (Å²) in [6.45, 7) is 0. The molecular formula is C20H18Br2N2O6S2. The highest BCUT2D eigenvalue weighted by Gasteiger charge is 2.25. The Morgan fingerprint density at radius 3 is 1.34 bits per heavy atom. The van der Waals surface area contributed by atoms with Crippen LogP contribution < -0.4 is 18.9 Å². The molecule has 0 unspecified atom stereocenters. The predicted octanol–water partition coefficient (Wildman–Crippen LogP) is 4.83. The van der Waals surface area contributed by atoms with E-state index < -0.39 is 20.0 Å². The fraction of sp³-hybridized carbons (Fsp3) is 0.100. The number of methoxy groups -OCH3 is 2. The van der Waals surface area contributed by atoms with E-state index in [0.717, 1.165) is 0 Å². The van der Waals surface area contributed by atoms with Crippen LogP contribution in [-0.4, -0.2) is 31.1 Å². The fourth-order valence-corrected chi connectivity index (χ4v) is 5.97. The molecule has 0 aliphatic rings. The van der Waals surface area contributed by atoms with Gasteiger partial charge in [0.1, 0.15) is 21.3 Å². The number of ether oxygens (including phenoxy) is 2. The fourth-order valence-electron chi connectivity index (χ4n) is 2.80. The van der Waals surface area contributed by atoms with Gasteiger partial charge in [-0.15, -0.1) is 0 Å². The van der Waals surface area contributed by atoms with Crippen molar-refractivity contribution >= 4 is 63.3 Å². The van der Waals surface area contributed by atoms with Crippen molar-refractivity contribution in [1.82, 2.24) is 0 Å². The van der Waals surface area contributed by atoms with Gasteiger partial charge in [-0.2, -0.15) is 0 Å². The Labute approximate surface area is 203 Å². The first-order chi connectivity index (χ1) is 15.1. The van der Waals surface area contributed by atoms with Crippen molar-refractivity contribution in [2.45, 2.75) is 9.79 Å². The lowest BCUT2D eigenvalue weighted by atomic mass is 10.3. The van der Waals surface area contributed by atoms with Crippen LogP contribution >= 0.6 is 31.9 Å². The Bertz CT molecular complexity index is 1260. The normalized spacial score (nSPS) is 11.6. The van der Waals surface area contributed by atoms with Gasteiger partial charge in [-0.05, 0) is 68.3 Å². The van der Waals surface area contributed by atoms with E-state index in [9.17, 15) is 16.8 Å². The molecule has 0 spiro atoms. The van der Waals surface area contributed by atoms with Crippen LogP contribution in [0.2, 0.25) is 0 Å². The molecule has 8 nitrogen and oxygen atoms in total. The van der Waals surface area contributed by atoms with Crippen molar-refractivity contribution in [3.8, 4) is 11.5 Å². The lowest BCUT2D eigenvalue weighted by Gasteiger charge is -2.17. The van der Waals surface area contributed by atoms with E-state index in [-0.39, 0.29) is 32.7 Å². The van der Waals surface area contributed by atoms with Crippen LogP contribution in [0.3, 0.4) is 0 Å². The second-order valence-electron chi connectivity index (χ2n) is 6.32. The molecule has 3 rings (SSSR count). The molecule has 0 saturated carbocycles. The smallest absolute Gasteiger partial charge is 0.265 e. The SMILES string of the molecule is COc1ccccc1S(=O)(=O)Nc1cc(Br)c(Br)cc1NS(=O)(=O)c1ccccc1OC. The molecule has 0 heterocycles. The summed E-state index contributed by atoms with van der Waals surface area (Å²) in [6, 6.07) is 15.1. The third kappa shape index (κ3) is 5.20. The molecule has 0 aromatic heterocycles. The van der Waals surface area contributed by atoms with Gasteiger partial charge in [0.25, 0.3) is 20.0 Å². The summed E-state index contributed by atoms with van der Waals surface area (Å²) >= 11 is 6.63. The average molecular weight is 606 g/mol. The minimum absolute atomic E-state index is 0.00412. The van der Waals surface area contributed by atoms with Gasteiger partial charge in [0.15, 0.2) is 0 Å². The molecule has 0 aliphatic heterocycles. The molecule has 0 radical (unpaired) electrons. The summed E-state index contributed by atoms with van der Waals surface area (Å²) in [5.74, 6) is 0.291. The van der Waals surface area contributed by atoms with Gasteiger partial charge >= 0.3 is 0 Å². The zero-order valence-electron chi connectivity index (χ0n) is 16.8. The van der Waals surface area contributed by atoms with Crippen LogP contribution in [0.4, 0.5) is 11.4 Å². The van der Waals surface area contributed by atoms with Crippen molar-refractivity contribution in [3.05, 3.63) is 69.6 Å². The molecule has 0 amide bonds. The molecule has 0 atom stereocenters. The molecule has 0 bridgehead atoms. The molecule has 0 saturated heterocycles. The number of benzene rings is 3. The molecule has 3 aromatic carbocycles. The van der Waals surface area contributed by atoms with E-state index >= 15 is 0 Å². The zero-order valence-corrected chi connectivity index (χ0v) is 21.6. The molecule has 3 aromatic rings. The van der Waals surface area contributed by atoms with Crippen LogP contribution in [0.1, 0.15) is 0 Å². The van der Waals surface area contributed by atoms with Gasteiger partial charge in [-0.3, -0.25) is 9.44 Å². The van der Waals surface area contributed by atoms with Gasteiger partial charge in [0.05, 0.1) is 25.6 Å². The average Bonchev–Trinajstić information content (AvgIpc) is 2.76. The van der Waals surface area contributed by atoms with E-state index in [4.69, 9.17) is 9.47 Å². The number of hydrogen-bond donors (Lipinski definition) is 2. The molecular weight excluding hydrogens is 588 g/mol. The Kier molecular flexibility index (Phi) is 7.38. The van der Waals surface area contributed by atoms with Gasteiger partial charge in [-0.25, -0.2) is 16.8 Å². The second kappa shape index (κ2) is 9.69. The highest BCUT2D eigenvalue weighted by molar-refractivity contribution is 9.13. The van der Waals surface area contributed by atoms with Crippen molar-refractivity contribution in [2.24, 2.45) is 0 Å². The maximum absolute atomic E-state index is 13.1. The summed E-state index contributed by atoms with van der Waals surface area (Å²) in [4.78, 5) is -0.194. The second-order valence-corrected chi connectivity index (χ2v) is 11.3. The highest BCUT2D eigenvalue weighted by atomic mass is 79.9. The first-order valence-electron chi connectivity index (χ1n) is 8.90. The number of nitrogens with one attached hydrogen (secondary N) is 2. The molecule has 170 valence electrons. The first-order valence-corrected chi connectivity index (χ1v) is 13.4. The van der Waals surface area contributed by atoms with Crippen LogP contribution in [0, 0.1) is 0 Å². The Morgan fingerprint density at radius 1 is 0.656 bits per heavy atom. The largest absolute Gasteiger partial charge is 0.495 e. The maximum Gasteiger partial charge on any atom is 0.265 e. The summed E-state index contributed by atoms with van der Waals surface area (Å²) in [5.41, 5.74) is 0.00825. The quantitative estimate of drug-likeness (QED) is 0.380. The van der Waals surface area contributed by atoms with Crippen LogP contribution in [0.15, 0.2) is 79.4 Å². The van der Waals surface area contributed by atoms with Crippen molar-refractivity contribution in [1.29, 1.82) is 0 Å². The van der Waals surface area contributed by atoms with Gasteiger partial charge in [-0.1, -0.05) is 24.3 Å². The summed E-state index contributed by atoms with van der Waals surface area (Å²) in [6.07, 6.45) is 0. The predicted molar refractivity (Wildman–Crippen MR) is 129 cm³/mol.